The molecule has 2 rings (SSSR count). The fourth-order valence-electron chi connectivity index (χ4n) is 1.87. The van der Waals surface area contributed by atoms with Crippen LogP contribution in [0.1, 0.15) is 37.0 Å². The summed E-state index contributed by atoms with van der Waals surface area (Å²) < 4.78 is 5.25. The minimum atomic E-state index is -0.539. The molecular weight excluding hydrogens is 355 g/mol. The maximum Gasteiger partial charge on any atom is 0.412 e. The predicted molar refractivity (Wildman–Crippen MR) is 96.0 cm³/mol. The molecule has 7 heteroatoms. The summed E-state index contributed by atoms with van der Waals surface area (Å²) in [5.41, 5.74) is 1.15. The van der Waals surface area contributed by atoms with Gasteiger partial charge in [0.2, 0.25) is 0 Å². The lowest BCUT2D eigenvalue weighted by Gasteiger charge is -2.19. The third-order valence-corrected chi connectivity index (χ3v) is 4.47. The second kappa shape index (κ2) is 7.07. The zero-order chi connectivity index (χ0) is 17.2. The number of aromatic nitrogens is 1. The molecule has 0 aliphatic heterocycles. The van der Waals surface area contributed by atoms with Crippen molar-refractivity contribution in [1.82, 2.24) is 4.98 Å². The molecule has 0 fully saturated rings. The molecule has 1 N–H and O–H groups in total. The number of thiazole rings is 1. The third kappa shape index (κ3) is 5.37. The van der Waals surface area contributed by atoms with Crippen LogP contribution < -0.4 is 5.32 Å². The van der Waals surface area contributed by atoms with E-state index >= 15 is 0 Å². The predicted octanol–water partition coefficient (Wildman–Crippen LogP) is 5.70. The summed E-state index contributed by atoms with van der Waals surface area (Å²) in [6, 6.07) is 5.38. The summed E-state index contributed by atoms with van der Waals surface area (Å²) in [4.78, 5) is 16.3. The zero-order valence-electron chi connectivity index (χ0n) is 13.4. The van der Waals surface area contributed by atoms with Crippen LogP contribution in [0.3, 0.4) is 0 Å². The van der Waals surface area contributed by atoms with Gasteiger partial charge in [0.05, 0.1) is 10.7 Å². The summed E-state index contributed by atoms with van der Waals surface area (Å²) in [5, 5.41) is 5.48. The summed E-state index contributed by atoms with van der Waals surface area (Å²) in [5.74, 6) is 0. The molecule has 0 radical (unpaired) electrons. The molecule has 0 saturated carbocycles. The lowest BCUT2D eigenvalue weighted by molar-refractivity contribution is 0.0636. The maximum absolute atomic E-state index is 11.8. The van der Waals surface area contributed by atoms with Gasteiger partial charge in [0.25, 0.3) is 0 Å². The molecule has 23 heavy (non-hydrogen) atoms. The summed E-state index contributed by atoms with van der Waals surface area (Å²) in [6.07, 6.45) is 0.0951. The first-order valence-corrected chi connectivity index (χ1v) is 8.61. The van der Waals surface area contributed by atoms with Gasteiger partial charge < -0.3 is 4.74 Å². The van der Waals surface area contributed by atoms with E-state index < -0.39 is 11.7 Å². The van der Waals surface area contributed by atoms with Crippen LogP contribution in [0.2, 0.25) is 10.0 Å². The first-order valence-electron chi connectivity index (χ1n) is 7.04. The number of aryl methyl sites for hydroxylation is 1. The van der Waals surface area contributed by atoms with Gasteiger partial charge in [0.15, 0.2) is 0 Å². The van der Waals surface area contributed by atoms with Crippen molar-refractivity contribution in [2.45, 2.75) is 39.7 Å². The number of anilines is 1. The van der Waals surface area contributed by atoms with E-state index in [-0.39, 0.29) is 0 Å². The second-order valence-electron chi connectivity index (χ2n) is 6.06. The van der Waals surface area contributed by atoms with E-state index in [1.54, 1.807) is 12.1 Å². The summed E-state index contributed by atoms with van der Waals surface area (Å²) in [7, 11) is 0. The monoisotopic (exact) mass is 372 g/mol. The Balaban J connectivity index is 2.10. The number of nitrogens with zero attached hydrogens (tertiary/aromatic N) is 1. The molecule has 0 spiro atoms. The molecule has 0 aliphatic carbocycles. The average molecular weight is 373 g/mol. The standard InChI is InChI=1S/C16H18Cl2N2O2S/c1-9-14(20-15(21)22-16(2,3)4)23-13(19-9)7-10-5-6-11(17)8-12(10)18/h5-6,8H,7H2,1-4H3,(H,20,21). The molecule has 124 valence electrons. The van der Waals surface area contributed by atoms with Crippen molar-refractivity contribution >= 4 is 45.6 Å². The van der Waals surface area contributed by atoms with E-state index in [0.717, 1.165) is 16.3 Å². The third-order valence-electron chi connectivity index (χ3n) is 2.81. The minimum Gasteiger partial charge on any atom is -0.444 e. The fraction of sp³-hybridized carbons (Fsp3) is 0.375. The van der Waals surface area contributed by atoms with Crippen molar-refractivity contribution in [2.75, 3.05) is 5.32 Å². The SMILES string of the molecule is Cc1nc(Cc2ccc(Cl)cc2Cl)sc1NC(=O)OC(C)(C)C. The molecule has 2 aromatic rings. The van der Waals surface area contributed by atoms with Crippen LogP contribution in [0.15, 0.2) is 18.2 Å². The van der Waals surface area contributed by atoms with Crippen LogP contribution in [0.4, 0.5) is 9.80 Å². The average Bonchev–Trinajstić information content (AvgIpc) is 2.71. The molecule has 1 heterocycles. The van der Waals surface area contributed by atoms with Gasteiger partial charge in [0, 0.05) is 16.5 Å². The normalized spacial score (nSPS) is 11.4. The van der Waals surface area contributed by atoms with Crippen LogP contribution >= 0.6 is 34.5 Å². The highest BCUT2D eigenvalue weighted by Gasteiger charge is 2.18. The molecule has 0 aliphatic rings. The van der Waals surface area contributed by atoms with Crippen molar-refractivity contribution in [1.29, 1.82) is 0 Å². The molecule has 1 amide bonds. The number of carbonyl (C=O) groups is 1. The number of nitrogens with one attached hydrogen (secondary N) is 1. The molecule has 0 atom stereocenters. The Morgan fingerprint density at radius 3 is 2.65 bits per heavy atom. The molecular formula is C16H18Cl2N2O2S. The number of hydrogen-bond donors (Lipinski definition) is 1. The van der Waals surface area contributed by atoms with Gasteiger partial charge >= 0.3 is 6.09 Å². The zero-order valence-corrected chi connectivity index (χ0v) is 15.7. The number of amides is 1. The Morgan fingerprint density at radius 2 is 2.04 bits per heavy atom. The smallest absolute Gasteiger partial charge is 0.412 e. The van der Waals surface area contributed by atoms with Gasteiger partial charge in [-0.2, -0.15) is 0 Å². The van der Waals surface area contributed by atoms with E-state index in [1.165, 1.54) is 11.3 Å². The number of benzene rings is 1. The van der Waals surface area contributed by atoms with E-state index in [2.05, 4.69) is 10.3 Å². The van der Waals surface area contributed by atoms with Gasteiger partial charge in [-0.1, -0.05) is 29.3 Å². The Morgan fingerprint density at radius 1 is 1.35 bits per heavy atom. The Kier molecular flexibility index (Phi) is 5.55. The van der Waals surface area contributed by atoms with E-state index in [9.17, 15) is 4.79 Å². The number of halogens is 2. The summed E-state index contributed by atoms with van der Waals surface area (Å²) in [6.45, 7) is 7.30. The second-order valence-corrected chi connectivity index (χ2v) is 7.99. The van der Waals surface area contributed by atoms with E-state index in [4.69, 9.17) is 27.9 Å². The van der Waals surface area contributed by atoms with E-state index in [1.807, 2.05) is 33.8 Å². The Hall–Kier alpha value is -1.30. The van der Waals surface area contributed by atoms with Crippen LogP contribution in [-0.4, -0.2) is 16.7 Å². The van der Waals surface area contributed by atoms with Gasteiger partial charge in [-0.25, -0.2) is 9.78 Å². The number of carbonyl (C=O) groups excluding carboxylic acids is 1. The highest BCUT2D eigenvalue weighted by atomic mass is 35.5. The summed E-state index contributed by atoms with van der Waals surface area (Å²) >= 11 is 13.5. The van der Waals surface area contributed by atoms with E-state index in [0.29, 0.717) is 21.5 Å². The molecule has 1 aromatic heterocycles. The molecule has 0 unspecified atom stereocenters. The van der Waals surface area contributed by atoms with Crippen LogP contribution in [0.5, 0.6) is 0 Å². The van der Waals surface area contributed by atoms with Gasteiger partial charge in [0.1, 0.15) is 10.6 Å². The first-order chi connectivity index (χ1) is 10.6. The van der Waals surface area contributed by atoms with Crippen LogP contribution in [0.25, 0.3) is 0 Å². The number of hydrogen-bond acceptors (Lipinski definition) is 4. The molecule has 0 saturated heterocycles. The lowest BCUT2D eigenvalue weighted by atomic mass is 10.1. The van der Waals surface area contributed by atoms with Gasteiger partial charge in [-0.3, -0.25) is 5.32 Å². The molecule has 1 aromatic carbocycles. The van der Waals surface area contributed by atoms with Crippen molar-refractivity contribution in [3.05, 3.63) is 44.5 Å². The van der Waals surface area contributed by atoms with Crippen molar-refractivity contribution < 1.29 is 9.53 Å². The molecule has 0 bridgehead atoms. The highest BCUT2D eigenvalue weighted by Crippen LogP contribution is 2.29. The number of ether oxygens (including phenoxy) is 1. The van der Waals surface area contributed by atoms with Crippen molar-refractivity contribution in [3.63, 3.8) is 0 Å². The number of rotatable bonds is 3. The molecule has 4 nitrogen and oxygen atoms in total. The highest BCUT2D eigenvalue weighted by molar-refractivity contribution is 7.16. The fourth-order valence-corrected chi connectivity index (χ4v) is 3.32. The van der Waals surface area contributed by atoms with Crippen LogP contribution in [-0.2, 0) is 11.2 Å². The maximum atomic E-state index is 11.8. The Bertz CT molecular complexity index is 723. The quantitative estimate of drug-likeness (QED) is 0.751. The van der Waals surface area contributed by atoms with Gasteiger partial charge in [-0.15, -0.1) is 11.3 Å². The first kappa shape index (κ1) is 18.0. The topological polar surface area (TPSA) is 51.2 Å². The van der Waals surface area contributed by atoms with Gasteiger partial charge in [-0.05, 0) is 45.4 Å². The van der Waals surface area contributed by atoms with Crippen molar-refractivity contribution in [2.24, 2.45) is 0 Å². The Labute approximate surface area is 149 Å². The minimum absolute atomic E-state index is 0.486. The largest absolute Gasteiger partial charge is 0.444 e. The van der Waals surface area contributed by atoms with Crippen LogP contribution in [0, 0.1) is 6.92 Å². The van der Waals surface area contributed by atoms with Crippen molar-refractivity contribution in [3.8, 4) is 0 Å². The lowest BCUT2D eigenvalue weighted by Crippen LogP contribution is -2.27.